The standard InChI is InChI=1S/C16H12BrNO3/c1-10-18-14-7-6-13(9-15(14)20-10)21-16(19)8-11-2-4-12(17)5-3-11/h2-7,9H,8H2,1H3. The number of esters is 1. The van der Waals surface area contributed by atoms with Crippen molar-refractivity contribution in [2.45, 2.75) is 13.3 Å². The number of benzene rings is 2. The fraction of sp³-hybridized carbons (Fsp3) is 0.125. The Morgan fingerprint density at radius 3 is 2.76 bits per heavy atom. The average Bonchev–Trinajstić information content (AvgIpc) is 2.80. The van der Waals surface area contributed by atoms with Crippen molar-refractivity contribution in [2.24, 2.45) is 0 Å². The number of oxazole rings is 1. The lowest BCUT2D eigenvalue weighted by molar-refractivity contribution is -0.133. The summed E-state index contributed by atoms with van der Waals surface area (Å²) in [5, 5.41) is 0. The van der Waals surface area contributed by atoms with Crippen LogP contribution in [0.4, 0.5) is 0 Å². The highest BCUT2D eigenvalue weighted by Crippen LogP contribution is 2.22. The Labute approximate surface area is 129 Å². The number of hydrogen-bond acceptors (Lipinski definition) is 4. The Morgan fingerprint density at radius 1 is 1.24 bits per heavy atom. The summed E-state index contributed by atoms with van der Waals surface area (Å²) >= 11 is 3.36. The number of halogens is 1. The zero-order chi connectivity index (χ0) is 14.8. The van der Waals surface area contributed by atoms with E-state index in [2.05, 4.69) is 20.9 Å². The molecule has 0 spiro atoms. The molecule has 0 aliphatic carbocycles. The fourth-order valence-electron chi connectivity index (χ4n) is 2.02. The number of aryl methyl sites for hydroxylation is 1. The van der Waals surface area contributed by atoms with Crippen LogP contribution in [0.15, 0.2) is 51.4 Å². The minimum atomic E-state index is -0.312. The molecule has 0 unspecified atom stereocenters. The molecule has 4 nitrogen and oxygen atoms in total. The maximum absolute atomic E-state index is 11.9. The van der Waals surface area contributed by atoms with Crippen molar-refractivity contribution < 1.29 is 13.9 Å². The van der Waals surface area contributed by atoms with Gasteiger partial charge in [0.25, 0.3) is 0 Å². The summed E-state index contributed by atoms with van der Waals surface area (Å²) in [5.41, 5.74) is 2.27. The van der Waals surface area contributed by atoms with E-state index in [1.807, 2.05) is 24.3 Å². The van der Waals surface area contributed by atoms with E-state index in [0.717, 1.165) is 15.6 Å². The summed E-state index contributed by atoms with van der Waals surface area (Å²) in [4.78, 5) is 16.1. The van der Waals surface area contributed by atoms with Crippen molar-refractivity contribution in [3.8, 4) is 5.75 Å². The molecule has 0 radical (unpaired) electrons. The second-order valence-electron chi connectivity index (χ2n) is 4.64. The lowest BCUT2D eigenvalue weighted by Crippen LogP contribution is -2.11. The van der Waals surface area contributed by atoms with Gasteiger partial charge in [0.1, 0.15) is 11.3 Å². The Morgan fingerprint density at radius 2 is 2.00 bits per heavy atom. The number of carbonyl (C=O) groups is 1. The largest absolute Gasteiger partial charge is 0.441 e. The number of ether oxygens (including phenoxy) is 1. The van der Waals surface area contributed by atoms with Gasteiger partial charge in [-0.25, -0.2) is 4.98 Å². The molecule has 5 heteroatoms. The van der Waals surface area contributed by atoms with Crippen LogP contribution >= 0.6 is 15.9 Å². The molecule has 0 fully saturated rings. The van der Waals surface area contributed by atoms with Crippen LogP contribution in [-0.2, 0) is 11.2 Å². The summed E-state index contributed by atoms with van der Waals surface area (Å²) in [5.74, 6) is 0.733. The zero-order valence-corrected chi connectivity index (χ0v) is 12.9. The molecule has 106 valence electrons. The molecule has 0 N–H and O–H groups in total. The predicted octanol–water partition coefficient (Wildman–Crippen LogP) is 4.05. The summed E-state index contributed by atoms with van der Waals surface area (Å²) in [6.45, 7) is 1.78. The Hall–Kier alpha value is -2.14. The maximum atomic E-state index is 11.9. The molecule has 0 saturated heterocycles. The summed E-state index contributed by atoms with van der Waals surface area (Å²) < 4.78 is 11.7. The van der Waals surface area contributed by atoms with E-state index in [0.29, 0.717) is 17.2 Å². The van der Waals surface area contributed by atoms with Crippen molar-refractivity contribution in [3.05, 3.63) is 58.4 Å². The summed E-state index contributed by atoms with van der Waals surface area (Å²) in [7, 11) is 0. The van der Waals surface area contributed by atoms with Gasteiger partial charge in [0, 0.05) is 17.5 Å². The highest BCUT2D eigenvalue weighted by atomic mass is 79.9. The van der Waals surface area contributed by atoms with Crippen LogP contribution in [0.25, 0.3) is 11.1 Å². The number of nitrogens with zero attached hydrogens (tertiary/aromatic N) is 1. The molecule has 3 aromatic rings. The van der Waals surface area contributed by atoms with Crippen molar-refractivity contribution in [1.82, 2.24) is 4.98 Å². The van der Waals surface area contributed by atoms with Crippen LogP contribution in [0.1, 0.15) is 11.5 Å². The molecule has 0 amide bonds. The topological polar surface area (TPSA) is 52.3 Å². The van der Waals surface area contributed by atoms with E-state index in [1.54, 1.807) is 25.1 Å². The number of hydrogen-bond donors (Lipinski definition) is 0. The van der Waals surface area contributed by atoms with E-state index < -0.39 is 0 Å². The molecular formula is C16H12BrNO3. The van der Waals surface area contributed by atoms with Gasteiger partial charge in [-0.3, -0.25) is 4.79 Å². The summed E-state index contributed by atoms with van der Waals surface area (Å²) in [6.07, 6.45) is 0.223. The first-order valence-corrected chi connectivity index (χ1v) is 7.22. The molecule has 1 heterocycles. The van der Waals surface area contributed by atoms with Crippen LogP contribution in [0.3, 0.4) is 0 Å². The van der Waals surface area contributed by atoms with E-state index in [-0.39, 0.29) is 12.4 Å². The zero-order valence-electron chi connectivity index (χ0n) is 11.3. The first-order valence-electron chi connectivity index (χ1n) is 6.42. The molecule has 0 atom stereocenters. The molecule has 1 aromatic heterocycles. The van der Waals surface area contributed by atoms with E-state index in [9.17, 15) is 4.79 Å². The quantitative estimate of drug-likeness (QED) is 0.530. The second kappa shape index (κ2) is 5.69. The molecular weight excluding hydrogens is 334 g/mol. The summed E-state index contributed by atoms with van der Waals surface area (Å²) in [6, 6.07) is 12.7. The van der Waals surface area contributed by atoms with E-state index in [1.165, 1.54) is 0 Å². The Bertz CT molecular complexity index is 793. The Kier molecular flexibility index (Phi) is 3.75. The van der Waals surface area contributed by atoms with Gasteiger partial charge in [-0.15, -0.1) is 0 Å². The smallest absolute Gasteiger partial charge is 0.315 e. The van der Waals surface area contributed by atoms with Gasteiger partial charge in [-0.2, -0.15) is 0 Å². The second-order valence-corrected chi connectivity index (χ2v) is 5.56. The maximum Gasteiger partial charge on any atom is 0.315 e. The molecule has 0 bridgehead atoms. The molecule has 0 saturated carbocycles. The minimum absolute atomic E-state index is 0.223. The third-order valence-corrected chi connectivity index (χ3v) is 3.49. The van der Waals surface area contributed by atoms with Crippen LogP contribution in [0, 0.1) is 6.92 Å². The lowest BCUT2D eigenvalue weighted by Gasteiger charge is -2.04. The van der Waals surface area contributed by atoms with E-state index in [4.69, 9.17) is 9.15 Å². The van der Waals surface area contributed by atoms with Gasteiger partial charge in [0.15, 0.2) is 11.5 Å². The third kappa shape index (κ3) is 3.31. The van der Waals surface area contributed by atoms with Crippen molar-refractivity contribution >= 4 is 33.0 Å². The van der Waals surface area contributed by atoms with Gasteiger partial charge < -0.3 is 9.15 Å². The fourth-order valence-corrected chi connectivity index (χ4v) is 2.28. The molecule has 0 aliphatic rings. The van der Waals surface area contributed by atoms with Gasteiger partial charge in [0.05, 0.1) is 6.42 Å². The van der Waals surface area contributed by atoms with Gasteiger partial charge in [-0.05, 0) is 29.8 Å². The number of carbonyl (C=O) groups excluding carboxylic acids is 1. The highest BCUT2D eigenvalue weighted by Gasteiger charge is 2.09. The monoisotopic (exact) mass is 345 g/mol. The van der Waals surface area contributed by atoms with Crippen LogP contribution in [0.2, 0.25) is 0 Å². The van der Waals surface area contributed by atoms with E-state index >= 15 is 0 Å². The predicted molar refractivity (Wildman–Crippen MR) is 82.2 cm³/mol. The van der Waals surface area contributed by atoms with Gasteiger partial charge >= 0.3 is 5.97 Å². The molecule has 21 heavy (non-hydrogen) atoms. The first-order chi connectivity index (χ1) is 10.1. The number of aromatic nitrogens is 1. The van der Waals surface area contributed by atoms with Crippen molar-refractivity contribution in [1.29, 1.82) is 0 Å². The van der Waals surface area contributed by atoms with Gasteiger partial charge in [-0.1, -0.05) is 28.1 Å². The van der Waals surface area contributed by atoms with Crippen LogP contribution in [-0.4, -0.2) is 11.0 Å². The van der Waals surface area contributed by atoms with Crippen molar-refractivity contribution in [3.63, 3.8) is 0 Å². The lowest BCUT2D eigenvalue weighted by atomic mass is 10.1. The first kappa shape index (κ1) is 13.8. The van der Waals surface area contributed by atoms with Crippen LogP contribution in [0.5, 0.6) is 5.75 Å². The minimum Gasteiger partial charge on any atom is -0.441 e. The normalized spacial score (nSPS) is 10.8. The SMILES string of the molecule is Cc1nc2ccc(OC(=O)Cc3ccc(Br)cc3)cc2o1. The molecule has 0 aliphatic heterocycles. The average molecular weight is 346 g/mol. The van der Waals surface area contributed by atoms with Crippen LogP contribution < -0.4 is 4.74 Å². The molecule has 3 rings (SSSR count). The van der Waals surface area contributed by atoms with Crippen molar-refractivity contribution in [2.75, 3.05) is 0 Å². The highest BCUT2D eigenvalue weighted by molar-refractivity contribution is 9.10. The Balaban J connectivity index is 1.71. The number of rotatable bonds is 3. The number of fused-ring (bicyclic) bond motifs is 1. The van der Waals surface area contributed by atoms with Gasteiger partial charge in [0.2, 0.25) is 0 Å². The molecule has 2 aromatic carbocycles. The third-order valence-electron chi connectivity index (χ3n) is 2.96.